The summed E-state index contributed by atoms with van der Waals surface area (Å²) in [6.07, 6.45) is 0. The largest absolute Gasteiger partial charge is 0.478 e. The summed E-state index contributed by atoms with van der Waals surface area (Å²) in [6, 6.07) is 11.0. The molecule has 1 heterocycles. The molecule has 0 saturated carbocycles. The van der Waals surface area contributed by atoms with Crippen molar-refractivity contribution in [2.45, 2.75) is 16.8 Å². The number of hydrogen-bond acceptors (Lipinski definition) is 3. The van der Waals surface area contributed by atoms with Crippen LogP contribution < -0.4 is 0 Å². The van der Waals surface area contributed by atoms with Crippen molar-refractivity contribution in [3.05, 3.63) is 52.1 Å². The molecule has 92 valence electrons. The number of aryl methyl sites for hydroxylation is 1. The third kappa shape index (κ3) is 3.11. The highest BCUT2D eigenvalue weighted by atomic mass is 79.9. The number of carboxylic acids is 1. The maximum atomic E-state index is 11.1. The summed E-state index contributed by atoms with van der Waals surface area (Å²) in [7, 11) is 0. The first-order chi connectivity index (χ1) is 8.56. The Morgan fingerprint density at radius 1 is 1.22 bits per heavy atom. The highest BCUT2D eigenvalue weighted by Crippen LogP contribution is 2.30. The monoisotopic (exact) mass is 323 g/mol. The van der Waals surface area contributed by atoms with Gasteiger partial charge < -0.3 is 5.11 Å². The lowest BCUT2D eigenvalue weighted by Gasteiger charge is -2.06. The number of benzene rings is 1. The quantitative estimate of drug-likeness (QED) is 0.927. The van der Waals surface area contributed by atoms with Crippen molar-refractivity contribution < 1.29 is 9.90 Å². The van der Waals surface area contributed by atoms with Crippen LogP contribution in [0.4, 0.5) is 0 Å². The molecule has 18 heavy (non-hydrogen) atoms. The summed E-state index contributed by atoms with van der Waals surface area (Å²) in [5, 5.41) is 9.64. The SMILES string of the molecule is Cc1ccc(C(=O)O)c(Sc2ccc(Br)cc2)n1. The molecule has 0 fully saturated rings. The molecule has 0 aliphatic rings. The standard InChI is InChI=1S/C13H10BrNO2S/c1-8-2-7-11(13(16)17)12(15-8)18-10-5-3-9(14)4-6-10/h2-7H,1H3,(H,16,17). The summed E-state index contributed by atoms with van der Waals surface area (Å²) < 4.78 is 0.988. The summed E-state index contributed by atoms with van der Waals surface area (Å²) >= 11 is 4.71. The molecule has 0 radical (unpaired) electrons. The van der Waals surface area contributed by atoms with E-state index in [9.17, 15) is 4.79 Å². The molecule has 1 N–H and O–H groups in total. The first-order valence-corrected chi connectivity index (χ1v) is 6.81. The van der Waals surface area contributed by atoms with E-state index in [-0.39, 0.29) is 5.56 Å². The van der Waals surface area contributed by atoms with Crippen molar-refractivity contribution in [1.29, 1.82) is 0 Å². The van der Waals surface area contributed by atoms with Crippen molar-refractivity contribution in [3.63, 3.8) is 0 Å². The molecule has 0 spiro atoms. The van der Waals surface area contributed by atoms with Gasteiger partial charge in [-0.05, 0) is 43.3 Å². The normalized spacial score (nSPS) is 10.3. The highest BCUT2D eigenvalue weighted by molar-refractivity contribution is 9.10. The van der Waals surface area contributed by atoms with E-state index in [4.69, 9.17) is 5.11 Å². The molecule has 0 amide bonds. The number of nitrogens with zero attached hydrogens (tertiary/aromatic N) is 1. The number of pyridine rings is 1. The number of carbonyl (C=O) groups is 1. The maximum Gasteiger partial charge on any atom is 0.338 e. The summed E-state index contributed by atoms with van der Waals surface area (Å²) in [4.78, 5) is 16.4. The van der Waals surface area contributed by atoms with Gasteiger partial charge in [0.1, 0.15) is 5.03 Å². The van der Waals surface area contributed by atoms with Gasteiger partial charge in [0.2, 0.25) is 0 Å². The highest BCUT2D eigenvalue weighted by Gasteiger charge is 2.12. The van der Waals surface area contributed by atoms with Gasteiger partial charge in [0.05, 0.1) is 5.56 Å². The van der Waals surface area contributed by atoms with Crippen LogP contribution in [-0.4, -0.2) is 16.1 Å². The second-order valence-corrected chi connectivity index (χ2v) is 5.64. The Labute approximate surface area is 117 Å². The van der Waals surface area contributed by atoms with E-state index in [2.05, 4.69) is 20.9 Å². The predicted octanol–water partition coefficient (Wildman–Crippen LogP) is 4.00. The minimum atomic E-state index is -0.956. The summed E-state index contributed by atoms with van der Waals surface area (Å²) in [5.74, 6) is -0.956. The Balaban J connectivity index is 2.35. The molecule has 0 bridgehead atoms. The molecule has 0 saturated heterocycles. The Morgan fingerprint density at radius 3 is 2.50 bits per heavy atom. The van der Waals surface area contributed by atoms with Crippen LogP contribution in [0, 0.1) is 6.92 Å². The van der Waals surface area contributed by atoms with Gasteiger partial charge in [-0.3, -0.25) is 0 Å². The second-order valence-electron chi connectivity index (χ2n) is 3.67. The van der Waals surface area contributed by atoms with Gasteiger partial charge in [-0.15, -0.1) is 0 Å². The molecule has 3 nitrogen and oxygen atoms in total. The number of aromatic carboxylic acids is 1. The third-order valence-corrected chi connectivity index (χ3v) is 3.80. The van der Waals surface area contributed by atoms with Gasteiger partial charge in [-0.2, -0.15) is 0 Å². The van der Waals surface area contributed by atoms with Gasteiger partial charge in [0, 0.05) is 15.1 Å². The fourth-order valence-corrected chi connectivity index (χ4v) is 2.60. The molecule has 1 aromatic heterocycles. The van der Waals surface area contributed by atoms with Gasteiger partial charge in [0.15, 0.2) is 0 Å². The second kappa shape index (κ2) is 5.54. The maximum absolute atomic E-state index is 11.1. The van der Waals surface area contributed by atoms with Crippen molar-refractivity contribution in [3.8, 4) is 0 Å². The lowest BCUT2D eigenvalue weighted by atomic mass is 10.2. The van der Waals surface area contributed by atoms with Crippen molar-refractivity contribution in [2.24, 2.45) is 0 Å². The van der Waals surface area contributed by atoms with E-state index in [0.29, 0.717) is 5.03 Å². The van der Waals surface area contributed by atoms with Crippen LogP contribution in [0.25, 0.3) is 0 Å². The predicted molar refractivity (Wildman–Crippen MR) is 74.2 cm³/mol. The number of halogens is 1. The first kappa shape index (κ1) is 13.1. The van der Waals surface area contributed by atoms with Crippen LogP contribution >= 0.6 is 27.7 Å². The van der Waals surface area contributed by atoms with Gasteiger partial charge in [0.25, 0.3) is 0 Å². The van der Waals surface area contributed by atoms with Crippen LogP contribution in [0.15, 0.2) is 50.8 Å². The first-order valence-electron chi connectivity index (χ1n) is 5.20. The van der Waals surface area contributed by atoms with Crippen LogP contribution in [0.5, 0.6) is 0 Å². The summed E-state index contributed by atoms with van der Waals surface area (Å²) in [6.45, 7) is 1.84. The number of rotatable bonds is 3. The zero-order valence-electron chi connectivity index (χ0n) is 9.55. The molecular weight excluding hydrogens is 314 g/mol. The molecule has 1 aromatic carbocycles. The Kier molecular flexibility index (Phi) is 4.04. The molecule has 2 aromatic rings. The van der Waals surface area contributed by atoms with E-state index >= 15 is 0 Å². The number of aromatic nitrogens is 1. The smallest absolute Gasteiger partial charge is 0.338 e. The molecule has 0 atom stereocenters. The Hall–Kier alpha value is -1.33. The Morgan fingerprint density at radius 2 is 1.89 bits per heavy atom. The molecule has 5 heteroatoms. The topological polar surface area (TPSA) is 50.2 Å². The van der Waals surface area contributed by atoms with Crippen molar-refractivity contribution in [1.82, 2.24) is 4.98 Å². The molecule has 0 aliphatic heterocycles. The van der Waals surface area contributed by atoms with Crippen LogP contribution in [0.2, 0.25) is 0 Å². The third-order valence-electron chi connectivity index (χ3n) is 2.26. The minimum absolute atomic E-state index is 0.230. The lowest BCUT2D eigenvalue weighted by Crippen LogP contribution is -2.01. The Bertz CT molecular complexity index is 584. The van der Waals surface area contributed by atoms with E-state index in [1.54, 1.807) is 12.1 Å². The lowest BCUT2D eigenvalue weighted by molar-refractivity contribution is 0.0692. The number of carboxylic acid groups (broad SMARTS) is 1. The molecule has 2 rings (SSSR count). The summed E-state index contributed by atoms with van der Waals surface area (Å²) in [5.41, 5.74) is 1.04. The van der Waals surface area contributed by atoms with Crippen LogP contribution in [0.3, 0.4) is 0 Å². The fourth-order valence-electron chi connectivity index (χ4n) is 1.39. The van der Waals surface area contributed by atoms with Crippen LogP contribution in [0.1, 0.15) is 16.1 Å². The zero-order chi connectivity index (χ0) is 13.1. The zero-order valence-corrected chi connectivity index (χ0v) is 12.0. The van der Waals surface area contributed by atoms with Gasteiger partial charge in [-0.1, -0.05) is 27.7 Å². The van der Waals surface area contributed by atoms with Crippen molar-refractivity contribution >= 4 is 33.7 Å². The van der Waals surface area contributed by atoms with E-state index in [0.717, 1.165) is 15.1 Å². The van der Waals surface area contributed by atoms with Crippen molar-refractivity contribution in [2.75, 3.05) is 0 Å². The van der Waals surface area contributed by atoms with Crippen LogP contribution in [-0.2, 0) is 0 Å². The fraction of sp³-hybridized carbons (Fsp3) is 0.0769. The molecule has 0 aliphatic carbocycles. The van der Waals surface area contributed by atoms with E-state index < -0.39 is 5.97 Å². The molecule has 0 unspecified atom stereocenters. The van der Waals surface area contributed by atoms with Gasteiger partial charge >= 0.3 is 5.97 Å². The van der Waals surface area contributed by atoms with E-state index in [1.807, 2.05) is 31.2 Å². The average Bonchev–Trinajstić information content (AvgIpc) is 2.32. The van der Waals surface area contributed by atoms with Gasteiger partial charge in [-0.25, -0.2) is 9.78 Å². The average molecular weight is 324 g/mol. The number of hydrogen-bond donors (Lipinski definition) is 1. The van der Waals surface area contributed by atoms with E-state index in [1.165, 1.54) is 11.8 Å². The minimum Gasteiger partial charge on any atom is -0.478 e. The molecular formula is C13H10BrNO2S.